The number of benzene rings is 1. The third-order valence-electron chi connectivity index (χ3n) is 2.65. The molecule has 1 aromatic heterocycles. The van der Waals surface area contributed by atoms with Crippen molar-refractivity contribution in [1.82, 2.24) is 15.2 Å². The van der Waals surface area contributed by atoms with Crippen LogP contribution in [0.4, 0.5) is 5.69 Å². The predicted molar refractivity (Wildman–Crippen MR) is 73.6 cm³/mol. The molecule has 8 heteroatoms. The first-order valence-electron chi connectivity index (χ1n) is 6.06. The number of hydrogen-bond donors (Lipinski definition) is 3. The van der Waals surface area contributed by atoms with Gasteiger partial charge in [0.15, 0.2) is 0 Å². The lowest BCUT2D eigenvalue weighted by Crippen LogP contribution is -2.28. The molecule has 1 aromatic carbocycles. The molecule has 0 bridgehead atoms. The minimum absolute atomic E-state index is 0.0267. The fraction of sp³-hybridized carbons (Fsp3) is 0.154. The van der Waals surface area contributed by atoms with Crippen molar-refractivity contribution in [2.24, 2.45) is 0 Å². The molecule has 0 saturated heterocycles. The molecule has 0 aliphatic heterocycles. The summed E-state index contributed by atoms with van der Waals surface area (Å²) in [5, 5.41) is 17.1. The van der Waals surface area contributed by atoms with Gasteiger partial charge in [0.25, 0.3) is 5.56 Å². The van der Waals surface area contributed by atoms with E-state index in [1.165, 1.54) is 0 Å². The fourth-order valence-electron chi connectivity index (χ4n) is 1.66. The van der Waals surface area contributed by atoms with Gasteiger partial charge in [-0.25, -0.2) is 9.89 Å². The summed E-state index contributed by atoms with van der Waals surface area (Å²) in [5.41, 5.74) is -0.288. The van der Waals surface area contributed by atoms with E-state index in [9.17, 15) is 14.4 Å². The fourth-order valence-corrected chi connectivity index (χ4v) is 1.66. The van der Waals surface area contributed by atoms with Crippen molar-refractivity contribution in [2.45, 2.75) is 12.8 Å². The highest BCUT2D eigenvalue weighted by Gasteiger charge is 2.07. The average molecular weight is 285 g/mol. The number of aromatic amines is 2. The second-order valence-electron chi connectivity index (χ2n) is 4.19. The first kappa shape index (κ1) is 14.2. The molecule has 8 nitrogen and oxygen atoms in total. The summed E-state index contributed by atoms with van der Waals surface area (Å²) in [4.78, 5) is 36.0. The van der Waals surface area contributed by atoms with Crippen molar-refractivity contribution >= 4 is 11.6 Å². The van der Waals surface area contributed by atoms with E-state index < -0.39 is 11.2 Å². The summed E-state index contributed by atoms with van der Waals surface area (Å²) < 4.78 is 0. The van der Waals surface area contributed by atoms with Gasteiger partial charge in [0.2, 0.25) is 5.91 Å². The van der Waals surface area contributed by atoms with Gasteiger partial charge in [-0.3, -0.25) is 14.6 Å². The summed E-state index contributed by atoms with van der Waals surface area (Å²) in [6.45, 7) is 0. The summed E-state index contributed by atoms with van der Waals surface area (Å²) >= 11 is 0. The maximum atomic E-state index is 11.8. The second-order valence-corrected chi connectivity index (χ2v) is 4.19. The predicted octanol–water partition coefficient (Wildman–Crippen LogP) is -0.0988. The molecule has 0 fully saturated rings. The van der Waals surface area contributed by atoms with Gasteiger partial charge in [-0.05, 0) is 18.2 Å². The van der Waals surface area contributed by atoms with E-state index in [0.29, 0.717) is 11.3 Å². The topological polar surface area (TPSA) is 131 Å². The number of anilines is 1. The molecule has 0 spiro atoms. The Morgan fingerprint density at radius 3 is 2.90 bits per heavy atom. The Balaban J connectivity index is 1.97. The van der Waals surface area contributed by atoms with Crippen molar-refractivity contribution in [1.29, 1.82) is 5.26 Å². The van der Waals surface area contributed by atoms with Crippen LogP contribution in [0.5, 0.6) is 0 Å². The lowest BCUT2D eigenvalue weighted by atomic mass is 10.2. The van der Waals surface area contributed by atoms with E-state index >= 15 is 0 Å². The highest BCUT2D eigenvalue weighted by molar-refractivity contribution is 5.90. The highest BCUT2D eigenvalue weighted by atomic mass is 16.2. The monoisotopic (exact) mass is 285 g/mol. The highest BCUT2D eigenvalue weighted by Crippen LogP contribution is 2.10. The molecule has 2 aromatic rings. The van der Waals surface area contributed by atoms with Crippen LogP contribution in [-0.2, 0) is 11.2 Å². The third-order valence-corrected chi connectivity index (χ3v) is 2.65. The zero-order valence-electron chi connectivity index (χ0n) is 10.8. The minimum Gasteiger partial charge on any atom is -0.326 e. The number of hydrogen-bond acceptors (Lipinski definition) is 5. The Bertz CT molecular complexity index is 815. The zero-order chi connectivity index (χ0) is 15.2. The molecule has 0 radical (unpaired) electrons. The summed E-state index contributed by atoms with van der Waals surface area (Å²) in [5.74, 6) is -0.322. The van der Waals surface area contributed by atoms with Crippen LogP contribution in [0.15, 0.2) is 33.9 Å². The van der Waals surface area contributed by atoms with Gasteiger partial charge < -0.3 is 5.32 Å². The maximum absolute atomic E-state index is 11.8. The standard InChI is InChI=1S/C13H11N5O3/c14-7-8-2-1-3-9(6-8)15-11(19)5-4-10-12(20)16-13(21)18-17-10/h1-3,6H,4-5H2,(H,15,19)(H2,16,18,20,21). The molecule has 2 rings (SSSR count). The molecular weight excluding hydrogens is 274 g/mol. The normalized spacial score (nSPS) is 9.86. The van der Waals surface area contributed by atoms with Crippen molar-refractivity contribution in [3.05, 3.63) is 56.4 Å². The first-order valence-corrected chi connectivity index (χ1v) is 6.06. The van der Waals surface area contributed by atoms with Crippen LogP contribution in [0, 0.1) is 11.3 Å². The van der Waals surface area contributed by atoms with Crippen molar-refractivity contribution < 1.29 is 4.79 Å². The van der Waals surface area contributed by atoms with Crippen LogP contribution in [0.3, 0.4) is 0 Å². The molecule has 3 N–H and O–H groups in total. The number of nitrogens with one attached hydrogen (secondary N) is 3. The van der Waals surface area contributed by atoms with Crippen molar-refractivity contribution in [3.8, 4) is 6.07 Å². The molecule has 21 heavy (non-hydrogen) atoms. The molecular formula is C13H11N5O3. The number of nitriles is 1. The molecule has 1 amide bonds. The van der Waals surface area contributed by atoms with E-state index in [-0.39, 0.29) is 24.4 Å². The summed E-state index contributed by atoms with van der Waals surface area (Å²) in [7, 11) is 0. The Kier molecular flexibility index (Phi) is 4.26. The quantitative estimate of drug-likeness (QED) is 0.721. The van der Waals surface area contributed by atoms with Gasteiger partial charge in [0.1, 0.15) is 5.69 Å². The number of aryl methyl sites for hydroxylation is 1. The molecule has 0 unspecified atom stereocenters. The van der Waals surface area contributed by atoms with Crippen LogP contribution in [0.1, 0.15) is 17.7 Å². The van der Waals surface area contributed by atoms with E-state index in [1.807, 2.05) is 11.1 Å². The van der Waals surface area contributed by atoms with Crippen LogP contribution in [0.2, 0.25) is 0 Å². The van der Waals surface area contributed by atoms with E-state index in [2.05, 4.69) is 15.5 Å². The van der Waals surface area contributed by atoms with Crippen LogP contribution >= 0.6 is 0 Å². The van der Waals surface area contributed by atoms with Crippen LogP contribution < -0.4 is 16.6 Å². The molecule has 0 aliphatic rings. The van der Waals surface area contributed by atoms with Gasteiger partial charge in [-0.1, -0.05) is 6.07 Å². The number of rotatable bonds is 4. The Morgan fingerprint density at radius 2 is 2.19 bits per heavy atom. The van der Waals surface area contributed by atoms with Crippen LogP contribution in [-0.4, -0.2) is 21.1 Å². The SMILES string of the molecule is N#Cc1cccc(NC(=O)CCc2n[nH]c(=O)[nH]c2=O)c1. The van der Waals surface area contributed by atoms with E-state index in [4.69, 9.17) is 5.26 Å². The molecule has 0 saturated carbocycles. The zero-order valence-corrected chi connectivity index (χ0v) is 10.8. The lowest BCUT2D eigenvalue weighted by molar-refractivity contribution is -0.116. The second kappa shape index (κ2) is 6.29. The van der Waals surface area contributed by atoms with Gasteiger partial charge in [0.05, 0.1) is 11.6 Å². The van der Waals surface area contributed by atoms with Gasteiger partial charge >= 0.3 is 5.69 Å². The number of carbonyl (C=O) groups excluding carboxylic acids is 1. The van der Waals surface area contributed by atoms with E-state index in [1.54, 1.807) is 24.3 Å². The maximum Gasteiger partial charge on any atom is 0.342 e. The van der Waals surface area contributed by atoms with Crippen molar-refractivity contribution in [3.63, 3.8) is 0 Å². The van der Waals surface area contributed by atoms with E-state index in [0.717, 1.165) is 0 Å². The average Bonchev–Trinajstić information content (AvgIpc) is 2.46. The number of carbonyl (C=O) groups is 1. The molecule has 106 valence electrons. The number of H-pyrrole nitrogens is 2. The Hall–Kier alpha value is -3.21. The molecule has 0 atom stereocenters. The minimum atomic E-state index is -0.693. The summed E-state index contributed by atoms with van der Waals surface area (Å²) in [6, 6.07) is 8.45. The van der Waals surface area contributed by atoms with Gasteiger partial charge in [-0.2, -0.15) is 10.4 Å². The smallest absolute Gasteiger partial charge is 0.326 e. The lowest BCUT2D eigenvalue weighted by Gasteiger charge is -2.04. The first-order chi connectivity index (χ1) is 10.1. The Morgan fingerprint density at radius 1 is 1.38 bits per heavy atom. The number of nitrogens with zero attached hydrogens (tertiary/aromatic N) is 2. The number of aromatic nitrogens is 3. The molecule has 0 aliphatic carbocycles. The van der Waals surface area contributed by atoms with Crippen LogP contribution in [0.25, 0.3) is 0 Å². The largest absolute Gasteiger partial charge is 0.342 e. The summed E-state index contributed by atoms with van der Waals surface area (Å²) in [6.07, 6.45) is 0.120. The Labute approximate surface area is 118 Å². The van der Waals surface area contributed by atoms with Gasteiger partial charge in [0, 0.05) is 18.5 Å². The number of amides is 1. The van der Waals surface area contributed by atoms with Crippen molar-refractivity contribution in [2.75, 3.05) is 5.32 Å². The molecule has 1 heterocycles. The third kappa shape index (κ3) is 3.87. The van der Waals surface area contributed by atoms with Gasteiger partial charge in [-0.15, -0.1) is 0 Å².